The molecule has 4 aromatic carbocycles. The van der Waals surface area contributed by atoms with Gasteiger partial charge in [0.2, 0.25) is 11.8 Å². The van der Waals surface area contributed by atoms with Crippen LogP contribution < -0.4 is 14.4 Å². The zero-order chi connectivity index (χ0) is 34.4. The van der Waals surface area contributed by atoms with E-state index in [4.69, 9.17) is 16.3 Å². The molecule has 0 spiro atoms. The average Bonchev–Trinajstić information content (AvgIpc) is 3.01. The van der Waals surface area contributed by atoms with E-state index < -0.39 is 34.1 Å². The number of rotatable bonds is 12. The van der Waals surface area contributed by atoms with Crippen LogP contribution in [0.5, 0.6) is 5.75 Å². The number of ether oxygens (including phenoxy) is 1. The van der Waals surface area contributed by atoms with Crippen molar-refractivity contribution in [1.82, 2.24) is 10.2 Å². The molecule has 0 fully saturated rings. The third-order valence-electron chi connectivity index (χ3n) is 7.50. The third-order valence-corrected chi connectivity index (χ3v) is 9.51. The first-order chi connectivity index (χ1) is 22.2. The van der Waals surface area contributed by atoms with Crippen molar-refractivity contribution in [2.24, 2.45) is 0 Å². The SMILES string of the molecule is COc1ccc(C)cc1N(CC(=O)N(Cc1cccc(Cl)c1)[C@@H](Cc1ccccc1)C(=O)NC(C)(C)C)S(=O)(=O)c1ccc(C)cc1. The van der Waals surface area contributed by atoms with Crippen LogP contribution in [0.3, 0.4) is 0 Å². The molecule has 0 aliphatic carbocycles. The Morgan fingerprint density at radius 3 is 2.11 bits per heavy atom. The molecule has 0 aliphatic rings. The minimum atomic E-state index is -4.28. The quantitative estimate of drug-likeness (QED) is 0.180. The van der Waals surface area contributed by atoms with E-state index in [9.17, 15) is 18.0 Å². The van der Waals surface area contributed by atoms with Gasteiger partial charge in [0.25, 0.3) is 10.0 Å². The molecule has 1 N–H and O–H groups in total. The molecule has 0 radical (unpaired) electrons. The zero-order valence-corrected chi connectivity index (χ0v) is 29.2. The first kappa shape index (κ1) is 35.5. The second-order valence-corrected chi connectivity index (χ2v) is 14.9. The van der Waals surface area contributed by atoms with E-state index in [0.29, 0.717) is 10.6 Å². The minimum Gasteiger partial charge on any atom is -0.495 e. The van der Waals surface area contributed by atoms with Gasteiger partial charge in [-0.15, -0.1) is 0 Å². The molecule has 10 heteroatoms. The van der Waals surface area contributed by atoms with E-state index in [0.717, 1.165) is 21.0 Å². The number of hydrogen-bond acceptors (Lipinski definition) is 5. The standard InChI is InChI=1S/C37H42ClN3O5S/c1-26-15-18-31(19-16-26)47(44,45)41(32-21-27(2)17-20-34(32)46-6)25-35(42)40(24-29-13-10-14-30(38)22-29)33(36(43)39-37(3,4)5)23-28-11-8-7-9-12-28/h7-22,33H,23-25H2,1-6H3,(H,39,43)/t33-/m0/s1. The third kappa shape index (κ3) is 9.36. The second-order valence-electron chi connectivity index (χ2n) is 12.6. The Morgan fingerprint density at radius 1 is 0.851 bits per heavy atom. The number of anilines is 1. The summed E-state index contributed by atoms with van der Waals surface area (Å²) < 4.78 is 35.4. The first-order valence-electron chi connectivity index (χ1n) is 15.3. The van der Waals surface area contributed by atoms with Gasteiger partial charge >= 0.3 is 0 Å². The fourth-order valence-electron chi connectivity index (χ4n) is 5.18. The van der Waals surface area contributed by atoms with Crippen molar-refractivity contribution in [3.63, 3.8) is 0 Å². The number of aryl methyl sites for hydroxylation is 2. The van der Waals surface area contributed by atoms with Gasteiger partial charge in [-0.05, 0) is 87.7 Å². The summed E-state index contributed by atoms with van der Waals surface area (Å²) >= 11 is 6.33. The molecule has 4 rings (SSSR count). The second kappa shape index (κ2) is 15.0. The fourth-order valence-corrected chi connectivity index (χ4v) is 6.81. The van der Waals surface area contributed by atoms with Crippen LogP contribution >= 0.6 is 11.6 Å². The lowest BCUT2D eigenvalue weighted by Crippen LogP contribution is -2.56. The number of sulfonamides is 1. The van der Waals surface area contributed by atoms with Gasteiger partial charge in [-0.2, -0.15) is 0 Å². The Balaban J connectivity index is 1.87. The molecule has 4 aromatic rings. The van der Waals surface area contributed by atoms with E-state index >= 15 is 0 Å². The highest BCUT2D eigenvalue weighted by Gasteiger charge is 2.36. The van der Waals surface area contributed by atoms with Crippen molar-refractivity contribution in [2.45, 2.75) is 64.1 Å². The van der Waals surface area contributed by atoms with Crippen LogP contribution in [0, 0.1) is 13.8 Å². The maximum atomic E-state index is 14.7. The first-order valence-corrected chi connectivity index (χ1v) is 17.1. The van der Waals surface area contributed by atoms with Gasteiger partial charge in [-0.1, -0.05) is 77.8 Å². The predicted octanol–water partition coefficient (Wildman–Crippen LogP) is 6.72. The zero-order valence-electron chi connectivity index (χ0n) is 27.7. The van der Waals surface area contributed by atoms with Crippen molar-refractivity contribution in [1.29, 1.82) is 0 Å². The number of benzene rings is 4. The molecule has 0 heterocycles. The number of nitrogens with one attached hydrogen (secondary N) is 1. The van der Waals surface area contributed by atoms with Gasteiger partial charge in [-0.3, -0.25) is 13.9 Å². The van der Waals surface area contributed by atoms with E-state index in [-0.39, 0.29) is 35.2 Å². The molecular formula is C37H42ClN3O5S. The summed E-state index contributed by atoms with van der Waals surface area (Å²) in [6.07, 6.45) is 0.202. The normalized spacial score (nSPS) is 12.2. The Bertz CT molecular complexity index is 1810. The Kier molecular flexibility index (Phi) is 11.4. The number of carbonyl (C=O) groups is 2. The molecule has 8 nitrogen and oxygen atoms in total. The number of hydrogen-bond donors (Lipinski definition) is 1. The lowest BCUT2D eigenvalue weighted by atomic mass is 10.0. The van der Waals surface area contributed by atoms with Crippen LogP contribution in [-0.4, -0.2) is 50.4 Å². The number of halogens is 1. The van der Waals surface area contributed by atoms with E-state index in [1.54, 1.807) is 48.5 Å². The largest absolute Gasteiger partial charge is 0.495 e. The van der Waals surface area contributed by atoms with Crippen molar-refractivity contribution in [2.75, 3.05) is 18.0 Å². The van der Waals surface area contributed by atoms with Crippen molar-refractivity contribution in [3.8, 4) is 5.75 Å². The highest BCUT2D eigenvalue weighted by atomic mass is 35.5. The molecule has 0 aromatic heterocycles. The van der Waals surface area contributed by atoms with Gasteiger partial charge in [-0.25, -0.2) is 8.42 Å². The topological polar surface area (TPSA) is 96.0 Å². The Morgan fingerprint density at radius 2 is 1.49 bits per heavy atom. The maximum Gasteiger partial charge on any atom is 0.264 e. The molecule has 0 bridgehead atoms. The van der Waals surface area contributed by atoms with E-state index in [2.05, 4.69) is 5.32 Å². The maximum absolute atomic E-state index is 14.7. The molecule has 248 valence electrons. The molecule has 2 amide bonds. The molecule has 0 unspecified atom stereocenters. The molecule has 0 aliphatic heterocycles. The smallest absolute Gasteiger partial charge is 0.264 e. The molecule has 0 saturated carbocycles. The summed E-state index contributed by atoms with van der Waals surface area (Å²) in [5.74, 6) is -0.654. The Labute approximate surface area is 283 Å². The summed E-state index contributed by atoms with van der Waals surface area (Å²) in [6.45, 7) is 8.72. The summed E-state index contributed by atoms with van der Waals surface area (Å²) in [4.78, 5) is 30.2. The van der Waals surface area contributed by atoms with Crippen LogP contribution in [0.4, 0.5) is 5.69 Å². The number of nitrogens with zero attached hydrogens (tertiary/aromatic N) is 2. The average molecular weight is 676 g/mol. The summed E-state index contributed by atoms with van der Waals surface area (Å²) in [5, 5.41) is 3.51. The van der Waals surface area contributed by atoms with Gasteiger partial charge < -0.3 is 15.0 Å². The van der Waals surface area contributed by atoms with Crippen molar-refractivity contribution < 1.29 is 22.7 Å². The molecule has 1 atom stereocenters. The fraction of sp³-hybridized carbons (Fsp3) is 0.297. The number of carbonyl (C=O) groups excluding carboxylic acids is 2. The van der Waals surface area contributed by atoms with Crippen LogP contribution in [-0.2, 0) is 32.6 Å². The summed E-state index contributed by atoms with van der Waals surface area (Å²) in [7, 11) is -2.83. The lowest BCUT2D eigenvalue weighted by Gasteiger charge is -2.35. The van der Waals surface area contributed by atoms with E-state index in [1.165, 1.54) is 24.1 Å². The summed E-state index contributed by atoms with van der Waals surface area (Å²) in [6, 6.07) is 27.1. The predicted molar refractivity (Wildman–Crippen MR) is 187 cm³/mol. The van der Waals surface area contributed by atoms with E-state index in [1.807, 2.05) is 71.0 Å². The minimum absolute atomic E-state index is 0.0117. The number of methoxy groups -OCH3 is 1. The molecular weight excluding hydrogens is 634 g/mol. The Hall–Kier alpha value is -4.34. The van der Waals surface area contributed by atoms with Crippen molar-refractivity contribution in [3.05, 3.63) is 124 Å². The van der Waals surface area contributed by atoms with Gasteiger partial charge in [0.05, 0.1) is 17.7 Å². The van der Waals surface area contributed by atoms with Crippen LogP contribution in [0.15, 0.2) is 102 Å². The van der Waals surface area contributed by atoms with Crippen molar-refractivity contribution >= 4 is 39.1 Å². The van der Waals surface area contributed by atoms with Gasteiger partial charge in [0.15, 0.2) is 0 Å². The van der Waals surface area contributed by atoms with Gasteiger partial charge in [0.1, 0.15) is 18.3 Å². The monoisotopic (exact) mass is 675 g/mol. The lowest BCUT2D eigenvalue weighted by molar-refractivity contribution is -0.140. The highest BCUT2D eigenvalue weighted by molar-refractivity contribution is 7.92. The summed E-state index contributed by atoms with van der Waals surface area (Å²) in [5.41, 5.74) is 2.82. The molecule has 47 heavy (non-hydrogen) atoms. The highest BCUT2D eigenvalue weighted by Crippen LogP contribution is 2.34. The van der Waals surface area contributed by atoms with Gasteiger partial charge in [0, 0.05) is 23.5 Å². The van der Waals surface area contributed by atoms with Crippen LogP contribution in [0.25, 0.3) is 0 Å². The number of amides is 2. The van der Waals surface area contributed by atoms with Crippen LogP contribution in [0.2, 0.25) is 5.02 Å². The molecule has 0 saturated heterocycles. The van der Waals surface area contributed by atoms with Crippen LogP contribution in [0.1, 0.15) is 43.0 Å².